The van der Waals surface area contributed by atoms with Gasteiger partial charge in [0.15, 0.2) is 11.4 Å². The maximum Gasteiger partial charge on any atom is 0.350 e. The standard InChI is InChI=1S/C40H51N3O6/c1-5-42-33-20-28-10-7-6-9-27(28)19-30(33)23-48-38(47)40-37(46)35-29(17-24(2)3)11-8-12-32(35)36(45)39(40,49-40)21-31(22-44)25(4)13-14-26-15-16-43-34(41)18-26/h7-8,10-12,15,18,20,24,27,30,33,42-44H,5-6,9,13-14,16-17,19,21-23,41H2,1-4H3. The highest BCUT2D eigenvalue weighted by atomic mass is 16.7. The first-order valence-electron chi connectivity index (χ1n) is 17.9. The van der Waals surface area contributed by atoms with E-state index in [9.17, 15) is 19.5 Å². The van der Waals surface area contributed by atoms with Crippen molar-refractivity contribution in [3.8, 4) is 0 Å². The lowest BCUT2D eigenvalue weighted by molar-refractivity contribution is -0.150. The highest BCUT2D eigenvalue weighted by Crippen LogP contribution is 2.60. The Kier molecular flexibility index (Phi) is 10.2. The molecule has 5 atom stereocenters. The molecule has 3 aliphatic carbocycles. The molecule has 5 N–H and O–H groups in total. The second-order valence-corrected chi connectivity index (χ2v) is 14.7. The molecular weight excluding hydrogens is 618 g/mol. The van der Waals surface area contributed by atoms with E-state index in [1.54, 1.807) is 12.1 Å². The number of carbonyl (C=O) groups excluding carboxylic acids is 3. The Labute approximate surface area is 289 Å². The number of rotatable bonds is 13. The monoisotopic (exact) mass is 669 g/mol. The minimum atomic E-state index is -2.10. The van der Waals surface area contributed by atoms with Gasteiger partial charge in [0.1, 0.15) is 0 Å². The van der Waals surface area contributed by atoms with Gasteiger partial charge in [-0.05, 0) is 92.2 Å². The molecule has 1 aromatic carbocycles. The summed E-state index contributed by atoms with van der Waals surface area (Å²) in [7, 11) is 0. The number of nitrogens with two attached hydrogens (primary N) is 1. The fraction of sp³-hybridized carbons (Fsp3) is 0.525. The zero-order chi connectivity index (χ0) is 34.9. The number of epoxide rings is 1. The first-order chi connectivity index (χ1) is 23.5. The number of ether oxygens (including phenoxy) is 2. The van der Waals surface area contributed by atoms with Crippen molar-refractivity contribution in [1.29, 1.82) is 0 Å². The van der Waals surface area contributed by atoms with Crippen molar-refractivity contribution < 1.29 is 29.0 Å². The van der Waals surface area contributed by atoms with Crippen molar-refractivity contribution in [2.24, 2.45) is 23.5 Å². The van der Waals surface area contributed by atoms with Crippen molar-refractivity contribution in [3.63, 3.8) is 0 Å². The zero-order valence-electron chi connectivity index (χ0n) is 29.3. The number of likely N-dealkylation sites (N-methyl/N-ethyl adjacent to an activating group) is 1. The quantitative estimate of drug-likeness (QED) is 0.0986. The summed E-state index contributed by atoms with van der Waals surface area (Å²) < 4.78 is 12.4. The minimum absolute atomic E-state index is 0.00871. The molecule has 2 aliphatic heterocycles. The van der Waals surface area contributed by atoms with Crippen LogP contribution in [0.25, 0.3) is 0 Å². The van der Waals surface area contributed by atoms with E-state index in [2.05, 4.69) is 55.7 Å². The highest BCUT2D eigenvalue weighted by molar-refractivity contribution is 6.33. The number of Topliss-reactive ketones (excluding diaryl/α,β-unsaturated/α-hetero) is 2. The molecule has 0 radical (unpaired) electrons. The molecule has 0 bridgehead atoms. The number of dihydropyridines is 1. The molecule has 6 rings (SSSR count). The number of esters is 1. The molecule has 0 aromatic heterocycles. The van der Waals surface area contributed by atoms with Gasteiger partial charge >= 0.3 is 5.97 Å². The molecule has 5 aliphatic rings. The van der Waals surface area contributed by atoms with Crippen LogP contribution in [-0.2, 0) is 20.7 Å². The van der Waals surface area contributed by atoms with E-state index < -0.39 is 28.7 Å². The average molecular weight is 670 g/mol. The third-order valence-electron chi connectivity index (χ3n) is 10.9. The summed E-state index contributed by atoms with van der Waals surface area (Å²) in [4.78, 5) is 43.6. The topological polar surface area (TPSA) is 143 Å². The molecule has 9 heteroatoms. The number of benzene rings is 1. The number of hydrogen-bond donors (Lipinski definition) is 4. The summed E-state index contributed by atoms with van der Waals surface area (Å²) in [6, 6.07) is 5.31. The van der Waals surface area contributed by atoms with Gasteiger partial charge in [-0.1, -0.05) is 68.8 Å². The Bertz CT molecular complexity index is 1670. The van der Waals surface area contributed by atoms with Gasteiger partial charge in [-0.15, -0.1) is 0 Å². The largest absolute Gasteiger partial charge is 0.463 e. The fourth-order valence-electron chi connectivity index (χ4n) is 8.25. The molecule has 5 unspecified atom stereocenters. The first-order valence-corrected chi connectivity index (χ1v) is 17.9. The van der Waals surface area contributed by atoms with Crippen molar-refractivity contribution >= 4 is 17.5 Å². The van der Waals surface area contributed by atoms with Crippen LogP contribution < -0.4 is 16.4 Å². The molecule has 0 amide bonds. The molecule has 1 aromatic rings. The van der Waals surface area contributed by atoms with Gasteiger partial charge in [0.25, 0.3) is 5.60 Å². The van der Waals surface area contributed by atoms with Gasteiger partial charge in [-0.3, -0.25) is 9.59 Å². The Morgan fingerprint density at radius 2 is 2.06 bits per heavy atom. The van der Waals surface area contributed by atoms with E-state index in [1.807, 2.05) is 19.1 Å². The number of fused-ring (bicyclic) bond motifs is 3. The van der Waals surface area contributed by atoms with Gasteiger partial charge in [-0.2, -0.15) is 0 Å². The van der Waals surface area contributed by atoms with Crippen LogP contribution in [0.3, 0.4) is 0 Å². The zero-order valence-corrected chi connectivity index (χ0v) is 29.3. The second-order valence-electron chi connectivity index (χ2n) is 14.7. The summed E-state index contributed by atoms with van der Waals surface area (Å²) in [5.74, 6) is -0.523. The van der Waals surface area contributed by atoms with Gasteiger partial charge < -0.3 is 30.9 Å². The van der Waals surface area contributed by atoms with Crippen LogP contribution in [0.4, 0.5) is 0 Å². The Balaban J connectivity index is 1.31. The molecule has 1 saturated heterocycles. The molecule has 2 heterocycles. The maximum atomic E-state index is 14.7. The van der Waals surface area contributed by atoms with Crippen LogP contribution in [0.1, 0.15) is 92.5 Å². The molecule has 0 saturated carbocycles. The lowest BCUT2D eigenvalue weighted by Gasteiger charge is -2.36. The lowest BCUT2D eigenvalue weighted by atomic mass is 9.69. The maximum absolute atomic E-state index is 14.7. The van der Waals surface area contributed by atoms with E-state index in [1.165, 1.54) is 5.57 Å². The predicted octanol–water partition coefficient (Wildman–Crippen LogP) is 5.01. The number of hydrogen-bond acceptors (Lipinski definition) is 9. The van der Waals surface area contributed by atoms with Crippen LogP contribution >= 0.6 is 0 Å². The van der Waals surface area contributed by atoms with E-state index in [4.69, 9.17) is 15.2 Å². The summed E-state index contributed by atoms with van der Waals surface area (Å²) in [5, 5.41) is 17.2. The smallest absolute Gasteiger partial charge is 0.350 e. The number of allylic oxidation sites excluding steroid dienone is 6. The number of aliphatic hydroxyl groups is 1. The Hall–Kier alpha value is -3.79. The summed E-state index contributed by atoms with van der Waals surface area (Å²) in [5.41, 5.74) is 7.16. The molecule has 9 nitrogen and oxygen atoms in total. The van der Waals surface area contributed by atoms with Crippen LogP contribution in [0.15, 0.2) is 76.7 Å². The van der Waals surface area contributed by atoms with E-state index in [-0.39, 0.29) is 48.6 Å². The summed E-state index contributed by atoms with van der Waals surface area (Å²) >= 11 is 0. The highest BCUT2D eigenvalue weighted by Gasteiger charge is 2.85. The lowest BCUT2D eigenvalue weighted by Crippen LogP contribution is -2.52. The van der Waals surface area contributed by atoms with Gasteiger partial charge in [0.2, 0.25) is 5.78 Å². The average Bonchev–Trinajstić information content (AvgIpc) is 3.79. The SMILES string of the molecule is CCNC1C=C2C=CCCC2CC1COC(=O)C12OC1(CC(CO)=C(C)CCC1=CCNC(N)=C1)C(=O)c1cccc(CC(C)C)c1C2=O. The van der Waals surface area contributed by atoms with Crippen molar-refractivity contribution in [2.75, 3.05) is 26.3 Å². The third kappa shape index (κ3) is 6.48. The molecule has 0 spiro atoms. The molecule has 1 fully saturated rings. The van der Waals surface area contributed by atoms with E-state index in [0.29, 0.717) is 43.1 Å². The van der Waals surface area contributed by atoms with E-state index >= 15 is 0 Å². The molecule has 262 valence electrons. The van der Waals surface area contributed by atoms with Crippen LogP contribution in [0, 0.1) is 17.8 Å². The van der Waals surface area contributed by atoms with Crippen LogP contribution in [-0.4, -0.2) is 66.2 Å². The van der Waals surface area contributed by atoms with Crippen LogP contribution in [0.5, 0.6) is 0 Å². The number of nitrogens with one attached hydrogen (secondary N) is 2. The summed E-state index contributed by atoms with van der Waals surface area (Å²) in [6.07, 6.45) is 15.3. The minimum Gasteiger partial charge on any atom is -0.463 e. The predicted molar refractivity (Wildman–Crippen MR) is 189 cm³/mol. The second kappa shape index (κ2) is 14.2. The first kappa shape index (κ1) is 35.1. The van der Waals surface area contributed by atoms with Crippen molar-refractivity contribution in [2.45, 2.75) is 89.9 Å². The number of carbonyl (C=O) groups is 3. The van der Waals surface area contributed by atoms with E-state index in [0.717, 1.165) is 42.5 Å². The summed E-state index contributed by atoms with van der Waals surface area (Å²) in [6.45, 7) is 9.25. The number of aliphatic hydroxyl groups excluding tert-OH is 1. The van der Waals surface area contributed by atoms with Gasteiger partial charge in [0, 0.05) is 36.1 Å². The molecule has 49 heavy (non-hydrogen) atoms. The normalized spacial score (nSPS) is 29.1. The van der Waals surface area contributed by atoms with Crippen molar-refractivity contribution in [3.05, 3.63) is 93.4 Å². The Morgan fingerprint density at radius 1 is 1.24 bits per heavy atom. The van der Waals surface area contributed by atoms with Gasteiger partial charge in [-0.25, -0.2) is 4.79 Å². The van der Waals surface area contributed by atoms with Crippen LogP contribution in [0.2, 0.25) is 0 Å². The Morgan fingerprint density at radius 3 is 2.80 bits per heavy atom. The number of ketones is 2. The molecular formula is C40H51N3O6. The van der Waals surface area contributed by atoms with Crippen molar-refractivity contribution in [1.82, 2.24) is 10.6 Å². The van der Waals surface area contributed by atoms with Gasteiger partial charge in [0.05, 0.1) is 19.0 Å². The fourth-order valence-corrected chi connectivity index (χ4v) is 8.25. The third-order valence-corrected chi connectivity index (χ3v) is 10.9.